The summed E-state index contributed by atoms with van der Waals surface area (Å²) in [5, 5.41) is 8.46. The first-order chi connectivity index (χ1) is 12.5. The topological polar surface area (TPSA) is 94.9 Å². The van der Waals surface area contributed by atoms with Crippen LogP contribution in [0, 0.1) is 11.3 Å². The molecule has 0 fully saturated rings. The molecule has 26 heavy (non-hydrogen) atoms. The van der Waals surface area contributed by atoms with Crippen molar-refractivity contribution in [2.75, 3.05) is 27.4 Å². The average molecular weight is 359 g/mol. The second-order valence-corrected chi connectivity index (χ2v) is 5.02. The molecule has 1 rings (SSSR count). The lowest BCUT2D eigenvalue weighted by Gasteiger charge is -2.07. The Morgan fingerprint density at radius 1 is 1.15 bits per heavy atom. The molecule has 0 saturated heterocycles. The number of methoxy groups -OCH3 is 2. The van der Waals surface area contributed by atoms with Crippen molar-refractivity contribution < 1.29 is 28.5 Å². The van der Waals surface area contributed by atoms with Crippen LogP contribution in [0.5, 0.6) is 11.5 Å². The van der Waals surface area contributed by atoms with E-state index < -0.39 is 11.9 Å². The molecule has 0 N–H and O–H groups in total. The van der Waals surface area contributed by atoms with E-state index in [-0.39, 0.29) is 25.2 Å². The molecule has 138 valence electrons. The lowest BCUT2D eigenvalue weighted by molar-refractivity contribution is -0.143. The van der Waals surface area contributed by atoms with Crippen LogP contribution >= 0.6 is 0 Å². The smallest absolute Gasteiger partial charge is 0.348 e. The summed E-state index contributed by atoms with van der Waals surface area (Å²) in [5.41, 5.74) is 0.599. The van der Waals surface area contributed by atoms with Crippen molar-refractivity contribution in [1.29, 1.82) is 5.26 Å². The van der Waals surface area contributed by atoms with Gasteiger partial charge in [0.05, 0.1) is 33.9 Å². The summed E-state index contributed by atoms with van der Waals surface area (Å²) in [7, 11) is 3.11. The molecule has 1 aromatic rings. The molecule has 0 atom stereocenters. The quantitative estimate of drug-likeness (QED) is 0.274. The molecule has 0 unspecified atom stereocenters. The predicted octanol–water partition coefficient (Wildman–Crippen LogP) is 2.66. The fourth-order valence-electron chi connectivity index (χ4n) is 1.85. The minimum absolute atomic E-state index is 0.0499. The van der Waals surface area contributed by atoms with E-state index in [2.05, 4.69) is 6.58 Å². The van der Waals surface area contributed by atoms with E-state index in [0.717, 1.165) is 5.56 Å². The average Bonchev–Trinajstić information content (AvgIpc) is 2.66. The van der Waals surface area contributed by atoms with Crippen LogP contribution in [0.3, 0.4) is 0 Å². The van der Waals surface area contributed by atoms with Crippen LogP contribution in [0.25, 0.3) is 6.08 Å². The molecule has 7 heteroatoms. The third kappa shape index (κ3) is 7.09. The van der Waals surface area contributed by atoms with Gasteiger partial charge >= 0.3 is 11.9 Å². The first-order valence-corrected chi connectivity index (χ1v) is 7.82. The largest absolute Gasteiger partial charge is 0.493 e. The Hall–Kier alpha value is -3.27. The minimum atomic E-state index is -0.767. The highest BCUT2D eigenvalue weighted by Crippen LogP contribution is 2.27. The summed E-state index contributed by atoms with van der Waals surface area (Å²) in [4.78, 5) is 22.8. The number of hydrogen-bond donors (Lipinski definition) is 0. The Kier molecular flexibility index (Phi) is 9.04. The molecule has 0 saturated carbocycles. The first kappa shape index (κ1) is 20.8. The van der Waals surface area contributed by atoms with Gasteiger partial charge < -0.3 is 18.9 Å². The third-order valence-electron chi connectivity index (χ3n) is 3.17. The van der Waals surface area contributed by atoms with Crippen molar-refractivity contribution in [3.63, 3.8) is 0 Å². The summed E-state index contributed by atoms with van der Waals surface area (Å²) >= 11 is 0. The number of nitrogens with zero attached hydrogens (tertiary/aromatic N) is 1. The van der Waals surface area contributed by atoms with Gasteiger partial charge in [0.1, 0.15) is 11.6 Å². The van der Waals surface area contributed by atoms with E-state index in [1.807, 2.05) is 6.07 Å². The van der Waals surface area contributed by atoms with Gasteiger partial charge in [-0.05, 0) is 17.7 Å². The molecular weight excluding hydrogens is 338 g/mol. The number of nitriles is 1. The summed E-state index contributed by atoms with van der Waals surface area (Å²) in [5.74, 6) is 0.0696. The van der Waals surface area contributed by atoms with Crippen molar-refractivity contribution in [3.8, 4) is 17.6 Å². The number of carbonyl (C=O) groups is 2. The fourth-order valence-corrected chi connectivity index (χ4v) is 1.85. The molecule has 0 aliphatic heterocycles. The van der Waals surface area contributed by atoms with Crippen LogP contribution in [0.2, 0.25) is 0 Å². The maximum absolute atomic E-state index is 11.6. The first-order valence-electron chi connectivity index (χ1n) is 7.82. The molecule has 0 aliphatic carbocycles. The summed E-state index contributed by atoms with van der Waals surface area (Å²) in [6.07, 6.45) is 3.91. The molecule has 0 heterocycles. The van der Waals surface area contributed by atoms with E-state index in [4.69, 9.17) is 24.2 Å². The van der Waals surface area contributed by atoms with Gasteiger partial charge in [0.2, 0.25) is 0 Å². The van der Waals surface area contributed by atoms with Crippen molar-refractivity contribution in [3.05, 3.63) is 42.0 Å². The van der Waals surface area contributed by atoms with E-state index in [9.17, 15) is 9.59 Å². The number of benzene rings is 1. The van der Waals surface area contributed by atoms with Crippen LogP contribution in [0.1, 0.15) is 18.4 Å². The minimum Gasteiger partial charge on any atom is -0.493 e. The zero-order valence-corrected chi connectivity index (χ0v) is 14.8. The highest BCUT2D eigenvalue weighted by molar-refractivity contribution is 5.91. The number of rotatable bonds is 10. The van der Waals surface area contributed by atoms with E-state index in [1.165, 1.54) is 0 Å². The number of ether oxygens (including phenoxy) is 4. The van der Waals surface area contributed by atoms with Gasteiger partial charge in [-0.3, -0.25) is 4.79 Å². The van der Waals surface area contributed by atoms with E-state index in [1.54, 1.807) is 44.6 Å². The Morgan fingerprint density at radius 3 is 2.50 bits per heavy atom. The summed E-state index contributed by atoms with van der Waals surface area (Å²) in [6.45, 7) is 3.41. The fraction of sp³-hybridized carbons (Fsp3) is 0.316. The zero-order valence-electron chi connectivity index (χ0n) is 14.8. The predicted molar refractivity (Wildman–Crippen MR) is 94.5 cm³/mol. The van der Waals surface area contributed by atoms with Crippen LogP contribution in [-0.4, -0.2) is 39.4 Å². The van der Waals surface area contributed by atoms with Crippen LogP contribution in [-0.2, 0) is 19.1 Å². The Morgan fingerprint density at radius 2 is 1.85 bits per heavy atom. The number of esters is 2. The summed E-state index contributed by atoms with van der Waals surface area (Å²) in [6, 6.07) is 7.01. The van der Waals surface area contributed by atoms with E-state index >= 15 is 0 Å². The highest BCUT2D eigenvalue weighted by Gasteiger charge is 2.07. The SMILES string of the molecule is C=C(C#N)C(=O)OCCCOC(=O)C/C=C/c1ccc(OC)c(OC)c1. The van der Waals surface area contributed by atoms with Crippen molar-refractivity contribution in [1.82, 2.24) is 0 Å². The maximum Gasteiger partial charge on any atom is 0.348 e. The normalized spacial score (nSPS) is 10.0. The maximum atomic E-state index is 11.6. The van der Waals surface area contributed by atoms with Crippen LogP contribution in [0.15, 0.2) is 36.4 Å². The van der Waals surface area contributed by atoms with Gasteiger partial charge in [-0.2, -0.15) is 5.26 Å². The highest BCUT2D eigenvalue weighted by atomic mass is 16.5. The second kappa shape index (κ2) is 11.3. The van der Waals surface area contributed by atoms with Gasteiger partial charge in [-0.15, -0.1) is 0 Å². The lowest BCUT2D eigenvalue weighted by Crippen LogP contribution is -2.10. The Bertz CT molecular complexity index is 717. The second-order valence-electron chi connectivity index (χ2n) is 5.02. The van der Waals surface area contributed by atoms with Crippen molar-refractivity contribution >= 4 is 18.0 Å². The molecule has 1 aromatic carbocycles. The van der Waals surface area contributed by atoms with Crippen LogP contribution < -0.4 is 9.47 Å². The summed E-state index contributed by atoms with van der Waals surface area (Å²) < 4.78 is 20.2. The Labute approximate surface area is 152 Å². The molecule has 0 aromatic heterocycles. The van der Waals surface area contributed by atoms with Gasteiger partial charge in [-0.1, -0.05) is 24.8 Å². The monoisotopic (exact) mass is 359 g/mol. The molecule has 0 bridgehead atoms. The molecule has 0 aliphatic rings. The molecule has 0 amide bonds. The van der Waals surface area contributed by atoms with Crippen molar-refractivity contribution in [2.24, 2.45) is 0 Å². The molecule has 7 nitrogen and oxygen atoms in total. The molecule has 0 radical (unpaired) electrons. The third-order valence-corrected chi connectivity index (χ3v) is 3.17. The van der Waals surface area contributed by atoms with Crippen molar-refractivity contribution in [2.45, 2.75) is 12.8 Å². The Balaban J connectivity index is 2.30. The van der Waals surface area contributed by atoms with Gasteiger partial charge in [0.25, 0.3) is 0 Å². The lowest BCUT2D eigenvalue weighted by atomic mass is 10.2. The number of hydrogen-bond acceptors (Lipinski definition) is 7. The standard InChI is InChI=1S/C19H21NO6/c1-14(13-20)19(22)26-11-5-10-25-18(21)7-4-6-15-8-9-16(23-2)17(12-15)24-3/h4,6,8-9,12H,1,5,7,10-11H2,2-3H3/b6-4+. The van der Waals surface area contributed by atoms with Gasteiger partial charge in [-0.25, -0.2) is 4.79 Å². The van der Waals surface area contributed by atoms with Gasteiger partial charge in [0.15, 0.2) is 11.5 Å². The molecular formula is C19H21NO6. The van der Waals surface area contributed by atoms with Crippen LogP contribution in [0.4, 0.5) is 0 Å². The van der Waals surface area contributed by atoms with E-state index in [0.29, 0.717) is 17.9 Å². The zero-order chi connectivity index (χ0) is 19.4. The number of carbonyl (C=O) groups excluding carboxylic acids is 2. The van der Waals surface area contributed by atoms with Gasteiger partial charge in [0, 0.05) is 6.42 Å². The molecule has 0 spiro atoms.